The maximum Gasteiger partial charge on any atom is 0.0334 e. The van der Waals surface area contributed by atoms with E-state index >= 15 is 0 Å². The van der Waals surface area contributed by atoms with Gasteiger partial charge in [-0.15, -0.1) is 0 Å². The molecule has 0 aromatic rings. The van der Waals surface area contributed by atoms with Crippen LogP contribution in [-0.4, -0.2) is 7.05 Å². The Bertz CT molecular complexity index is 143. The van der Waals surface area contributed by atoms with E-state index < -0.39 is 0 Å². The summed E-state index contributed by atoms with van der Waals surface area (Å²) in [5.74, 6) is 0. The summed E-state index contributed by atoms with van der Waals surface area (Å²) in [4.78, 5) is 0. The molecule has 0 aromatic carbocycles. The maximum absolute atomic E-state index is 3.73. The van der Waals surface area contributed by atoms with E-state index in [1.54, 1.807) is 6.08 Å². The normalized spacial score (nSPS) is 10.7. The third-order valence-electron chi connectivity index (χ3n) is 0.910. The van der Waals surface area contributed by atoms with Gasteiger partial charge in [0.25, 0.3) is 0 Å². The van der Waals surface area contributed by atoms with Gasteiger partial charge < -0.3 is 5.32 Å². The quantitative estimate of drug-likeness (QED) is 0.565. The van der Waals surface area contributed by atoms with E-state index in [1.807, 2.05) is 20.0 Å². The predicted molar refractivity (Wildman–Crippen MR) is 42.2 cm³/mol. The first-order chi connectivity index (χ1) is 4.20. The summed E-state index contributed by atoms with van der Waals surface area (Å²) in [5, 5.41) is 2.97. The van der Waals surface area contributed by atoms with Gasteiger partial charge in [-0.2, -0.15) is 0 Å². The summed E-state index contributed by atoms with van der Waals surface area (Å²) in [6.07, 6.45) is 3.70. The molecule has 9 heavy (non-hydrogen) atoms. The third kappa shape index (κ3) is 3.59. The largest absolute Gasteiger partial charge is 0.388 e. The lowest BCUT2D eigenvalue weighted by Gasteiger charge is -1.97. The molecule has 0 unspecified atom stereocenters. The fourth-order valence-corrected chi connectivity index (χ4v) is 0.499. The van der Waals surface area contributed by atoms with Crippen LogP contribution in [-0.2, 0) is 0 Å². The summed E-state index contributed by atoms with van der Waals surface area (Å²) in [6, 6.07) is 0. The molecule has 0 aliphatic carbocycles. The van der Waals surface area contributed by atoms with Crippen LogP contribution in [0.3, 0.4) is 0 Å². The van der Waals surface area contributed by atoms with Crippen molar-refractivity contribution >= 4 is 0 Å². The van der Waals surface area contributed by atoms with Crippen LogP contribution >= 0.6 is 0 Å². The van der Waals surface area contributed by atoms with Crippen molar-refractivity contribution in [2.45, 2.75) is 6.92 Å². The van der Waals surface area contributed by atoms with Gasteiger partial charge in [-0.25, -0.2) is 0 Å². The molecule has 0 fully saturated rings. The number of hydrogen-bond acceptors (Lipinski definition) is 1. The van der Waals surface area contributed by atoms with Crippen molar-refractivity contribution in [1.29, 1.82) is 0 Å². The lowest BCUT2D eigenvalue weighted by atomic mass is 10.3. The van der Waals surface area contributed by atoms with Crippen molar-refractivity contribution in [3.63, 3.8) is 0 Å². The molecule has 50 valence electrons. The second-order valence-electron chi connectivity index (χ2n) is 1.90. The Hall–Kier alpha value is -0.980. The Morgan fingerprint density at radius 1 is 1.56 bits per heavy atom. The highest BCUT2D eigenvalue weighted by molar-refractivity contribution is 5.24. The Labute approximate surface area is 56.8 Å². The number of rotatable bonds is 3. The lowest BCUT2D eigenvalue weighted by Crippen LogP contribution is -2.02. The highest BCUT2D eigenvalue weighted by Gasteiger charge is 1.82. The minimum Gasteiger partial charge on any atom is -0.388 e. The van der Waals surface area contributed by atoms with E-state index in [1.165, 1.54) is 0 Å². The number of hydrogen-bond donors (Lipinski definition) is 1. The SMILES string of the molecule is C=C/C(=C/C(=C)C)NC. The first kappa shape index (κ1) is 8.02. The molecule has 0 bridgehead atoms. The summed E-state index contributed by atoms with van der Waals surface area (Å²) in [5.41, 5.74) is 2.03. The van der Waals surface area contributed by atoms with Crippen LogP contribution in [0, 0.1) is 0 Å². The summed E-state index contributed by atoms with van der Waals surface area (Å²) < 4.78 is 0. The zero-order chi connectivity index (χ0) is 7.28. The van der Waals surface area contributed by atoms with Gasteiger partial charge in [-0.05, 0) is 19.1 Å². The Morgan fingerprint density at radius 2 is 2.11 bits per heavy atom. The number of allylic oxidation sites excluding steroid dienone is 3. The summed E-state index contributed by atoms with van der Waals surface area (Å²) in [6.45, 7) is 9.28. The molecular formula is C8H13N. The van der Waals surface area contributed by atoms with Gasteiger partial charge >= 0.3 is 0 Å². The van der Waals surface area contributed by atoms with Crippen molar-refractivity contribution in [3.8, 4) is 0 Å². The first-order valence-corrected chi connectivity index (χ1v) is 2.88. The van der Waals surface area contributed by atoms with Crippen LogP contribution in [0.1, 0.15) is 6.92 Å². The Morgan fingerprint density at radius 3 is 2.22 bits per heavy atom. The van der Waals surface area contributed by atoms with E-state index in [0.29, 0.717) is 0 Å². The second-order valence-corrected chi connectivity index (χ2v) is 1.90. The fourth-order valence-electron chi connectivity index (χ4n) is 0.499. The Balaban J connectivity index is 4.07. The van der Waals surface area contributed by atoms with Crippen molar-refractivity contribution in [2.75, 3.05) is 7.05 Å². The van der Waals surface area contributed by atoms with Gasteiger partial charge in [0.05, 0.1) is 0 Å². The molecule has 0 amide bonds. The number of nitrogens with one attached hydrogen (secondary N) is 1. The lowest BCUT2D eigenvalue weighted by molar-refractivity contribution is 1.03. The van der Waals surface area contributed by atoms with E-state index in [2.05, 4.69) is 18.5 Å². The first-order valence-electron chi connectivity index (χ1n) is 2.88. The monoisotopic (exact) mass is 123 g/mol. The second kappa shape index (κ2) is 3.96. The fraction of sp³-hybridized carbons (Fsp3) is 0.250. The van der Waals surface area contributed by atoms with E-state index in [4.69, 9.17) is 0 Å². The average Bonchev–Trinajstić information content (AvgIpc) is 1.82. The van der Waals surface area contributed by atoms with Crippen LogP contribution in [0.25, 0.3) is 0 Å². The van der Waals surface area contributed by atoms with Crippen LogP contribution in [0.15, 0.2) is 36.6 Å². The van der Waals surface area contributed by atoms with E-state index in [0.717, 1.165) is 11.3 Å². The molecule has 1 nitrogen and oxygen atoms in total. The highest BCUT2D eigenvalue weighted by Crippen LogP contribution is 1.95. The van der Waals surface area contributed by atoms with Crippen molar-refractivity contribution in [3.05, 3.63) is 36.6 Å². The predicted octanol–water partition coefficient (Wildman–Crippen LogP) is 1.85. The molecule has 0 saturated heterocycles. The minimum atomic E-state index is 1.00. The van der Waals surface area contributed by atoms with Crippen molar-refractivity contribution in [1.82, 2.24) is 5.32 Å². The van der Waals surface area contributed by atoms with Gasteiger partial charge in [0.1, 0.15) is 0 Å². The summed E-state index contributed by atoms with van der Waals surface area (Å²) >= 11 is 0. The molecule has 1 heteroatoms. The molecule has 0 aromatic heterocycles. The van der Waals surface area contributed by atoms with Crippen molar-refractivity contribution < 1.29 is 0 Å². The topological polar surface area (TPSA) is 12.0 Å². The number of likely N-dealkylation sites (N-methyl/N-ethyl adjacent to an activating group) is 1. The third-order valence-corrected chi connectivity index (χ3v) is 0.910. The van der Waals surface area contributed by atoms with Gasteiger partial charge in [-0.1, -0.05) is 18.7 Å². The average molecular weight is 123 g/mol. The van der Waals surface area contributed by atoms with E-state index in [-0.39, 0.29) is 0 Å². The molecule has 0 rings (SSSR count). The zero-order valence-electron chi connectivity index (χ0n) is 6.07. The van der Waals surface area contributed by atoms with Gasteiger partial charge in [0, 0.05) is 12.7 Å². The zero-order valence-corrected chi connectivity index (χ0v) is 6.07. The van der Waals surface area contributed by atoms with Crippen molar-refractivity contribution in [2.24, 2.45) is 0 Å². The molecule has 0 atom stereocenters. The van der Waals surface area contributed by atoms with Gasteiger partial charge in [0.2, 0.25) is 0 Å². The Kier molecular flexibility index (Phi) is 3.52. The molecule has 0 saturated carbocycles. The standard InChI is InChI=1S/C8H13N/c1-5-8(9-4)6-7(2)3/h5-6,9H,1-2H2,3-4H3/b8-6-. The molecule has 0 heterocycles. The van der Waals surface area contributed by atoms with Crippen LogP contribution < -0.4 is 5.32 Å². The van der Waals surface area contributed by atoms with Crippen LogP contribution in [0.4, 0.5) is 0 Å². The van der Waals surface area contributed by atoms with E-state index in [9.17, 15) is 0 Å². The van der Waals surface area contributed by atoms with Crippen LogP contribution in [0.2, 0.25) is 0 Å². The minimum absolute atomic E-state index is 1.00. The molecule has 0 radical (unpaired) electrons. The van der Waals surface area contributed by atoms with Gasteiger partial charge in [-0.3, -0.25) is 0 Å². The summed E-state index contributed by atoms with van der Waals surface area (Å²) in [7, 11) is 1.86. The molecule has 0 spiro atoms. The van der Waals surface area contributed by atoms with Crippen LogP contribution in [0.5, 0.6) is 0 Å². The molecular weight excluding hydrogens is 110 g/mol. The smallest absolute Gasteiger partial charge is 0.0334 e. The molecule has 0 aliphatic rings. The maximum atomic E-state index is 3.73. The molecule has 0 aliphatic heterocycles. The van der Waals surface area contributed by atoms with Gasteiger partial charge in [0.15, 0.2) is 0 Å². The highest BCUT2D eigenvalue weighted by atomic mass is 14.8. The molecule has 1 N–H and O–H groups in total.